The van der Waals surface area contributed by atoms with Crippen LogP contribution in [0.25, 0.3) is 0 Å². The number of hydrogen-bond acceptors (Lipinski definition) is 5. The Morgan fingerprint density at radius 3 is 2.44 bits per heavy atom. The molecule has 1 aromatic rings. The molecule has 1 amide bonds. The van der Waals surface area contributed by atoms with Gasteiger partial charge >= 0.3 is 12.1 Å². The first-order valence-electron chi connectivity index (χ1n) is 9.51. The molecule has 1 saturated carbocycles. The minimum atomic E-state index is -0.966. The smallest absolute Gasteiger partial charge is 0.409 e. The van der Waals surface area contributed by atoms with Gasteiger partial charge in [-0.05, 0) is 50.3 Å². The third-order valence-electron chi connectivity index (χ3n) is 4.32. The molecule has 0 radical (unpaired) electrons. The number of carbonyl (C=O) groups excluding carboxylic acids is 1. The Morgan fingerprint density at radius 1 is 1.19 bits per heavy atom. The Hall–Kier alpha value is -2.28. The zero-order chi connectivity index (χ0) is 19.6. The van der Waals surface area contributed by atoms with Gasteiger partial charge in [0.15, 0.2) is 6.10 Å². The largest absolute Gasteiger partial charge is 0.492 e. The van der Waals surface area contributed by atoms with Crippen LogP contribution in [0.1, 0.15) is 32.3 Å². The fourth-order valence-corrected chi connectivity index (χ4v) is 2.71. The zero-order valence-corrected chi connectivity index (χ0v) is 16.1. The lowest BCUT2D eigenvalue weighted by atomic mass is 10.1. The number of carboxylic acids is 1. The Balaban J connectivity index is 1.80. The summed E-state index contributed by atoms with van der Waals surface area (Å²) in [7, 11) is 0. The van der Waals surface area contributed by atoms with E-state index in [1.54, 1.807) is 30.9 Å². The van der Waals surface area contributed by atoms with Gasteiger partial charge in [-0.15, -0.1) is 0 Å². The van der Waals surface area contributed by atoms with Crippen molar-refractivity contribution >= 4 is 12.1 Å². The van der Waals surface area contributed by atoms with Crippen LogP contribution in [0.2, 0.25) is 0 Å². The summed E-state index contributed by atoms with van der Waals surface area (Å²) in [6.07, 6.45) is 1.50. The van der Waals surface area contributed by atoms with Gasteiger partial charge in [-0.3, -0.25) is 0 Å². The summed E-state index contributed by atoms with van der Waals surface area (Å²) in [5.74, 6) is 0.297. The molecule has 1 aliphatic carbocycles. The van der Waals surface area contributed by atoms with Gasteiger partial charge in [0.25, 0.3) is 0 Å². The number of aliphatic carboxylic acids is 1. The minimum absolute atomic E-state index is 0.293. The number of nitrogens with zero attached hydrogens (tertiary/aromatic N) is 1. The maximum absolute atomic E-state index is 12.0. The highest BCUT2D eigenvalue weighted by atomic mass is 16.6. The minimum Gasteiger partial charge on any atom is -0.492 e. The van der Waals surface area contributed by atoms with Gasteiger partial charge in [0.05, 0.1) is 13.2 Å². The highest BCUT2D eigenvalue weighted by Gasteiger charge is 2.27. The summed E-state index contributed by atoms with van der Waals surface area (Å²) < 4.78 is 16.1. The Morgan fingerprint density at radius 2 is 1.89 bits per heavy atom. The first-order chi connectivity index (χ1) is 13.0. The standard InChI is InChI=1S/C20H29NO6/c1-3-25-18(19(22)23)13-15-7-9-17(10-8-15)27-12-11-21(14-16-5-6-16)20(24)26-4-2/h7-10,16,18H,3-6,11-14H2,1-2H3,(H,22,23). The number of ether oxygens (including phenoxy) is 3. The van der Waals surface area contributed by atoms with Crippen LogP contribution in [-0.4, -0.2) is 61.1 Å². The maximum atomic E-state index is 12.0. The molecule has 1 atom stereocenters. The lowest BCUT2D eigenvalue weighted by Gasteiger charge is -2.21. The van der Waals surface area contributed by atoms with Gasteiger partial charge in [0.1, 0.15) is 12.4 Å². The second kappa shape index (κ2) is 10.8. The Labute approximate surface area is 160 Å². The van der Waals surface area contributed by atoms with E-state index >= 15 is 0 Å². The van der Waals surface area contributed by atoms with Crippen LogP contribution in [0.4, 0.5) is 4.79 Å². The van der Waals surface area contributed by atoms with Crippen LogP contribution in [0.3, 0.4) is 0 Å². The van der Waals surface area contributed by atoms with Crippen molar-refractivity contribution in [3.05, 3.63) is 29.8 Å². The van der Waals surface area contributed by atoms with Crippen molar-refractivity contribution in [3.63, 3.8) is 0 Å². The fourth-order valence-electron chi connectivity index (χ4n) is 2.71. The zero-order valence-electron chi connectivity index (χ0n) is 16.1. The second-order valence-corrected chi connectivity index (χ2v) is 6.57. The topological polar surface area (TPSA) is 85.3 Å². The van der Waals surface area contributed by atoms with E-state index in [1.165, 1.54) is 0 Å². The highest BCUT2D eigenvalue weighted by molar-refractivity contribution is 5.72. The monoisotopic (exact) mass is 379 g/mol. The van der Waals surface area contributed by atoms with Crippen molar-refractivity contribution in [1.29, 1.82) is 0 Å². The van der Waals surface area contributed by atoms with E-state index in [0.29, 0.717) is 44.5 Å². The molecule has 1 fully saturated rings. The van der Waals surface area contributed by atoms with Gasteiger partial charge in [-0.2, -0.15) is 0 Å². The number of carbonyl (C=O) groups is 2. The summed E-state index contributed by atoms with van der Waals surface area (Å²) >= 11 is 0. The van der Waals surface area contributed by atoms with Crippen molar-refractivity contribution in [2.24, 2.45) is 5.92 Å². The number of rotatable bonds is 12. The SMILES string of the molecule is CCOC(=O)N(CCOc1ccc(CC(OCC)C(=O)O)cc1)CC1CC1. The molecule has 7 heteroatoms. The van der Waals surface area contributed by atoms with Crippen molar-refractivity contribution in [1.82, 2.24) is 4.90 Å². The van der Waals surface area contributed by atoms with Gasteiger partial charge in [-0.1, -0.05) is 12.1 Å². The van der Waals surface area contributed by atoms with Crippen LogP contribution in [0.15, 0.2) is 24.3 Å². The van der Waals surface area contributed by atoms with Crippen LogP contribution in [-0.2, 0) is 20.7 Å². The molecule has 150 valence electrons. The van der Waals surface area contributed by atoms with Crippen LogP contribution >= 0.6 is 0 Å². The van der Waals surface area contributed by atoms with Crippen LogP contribution in [0.5, 0.6) is 5.75 Å². The van der Waals surface area contributed by atoms with Crippen molar-refractivity contribution in [3.8, 4) is 5.75 Å². The van der Waals surface area contributed by atoms with Crippen molar-refractivity contribution in [2.75, 3.05) is 32.9 Å². The molecule has 1 N–H and O–H groups in total. The Kier molecular flexibility index (Phi) is 8.39. The fraction of sp³-hybridized carbons (Fsp3) is 0.600. The van der Waals surface area contributed by atoms with E-state index in [-0.39, 0.29) is 6.09 Å². The quantitative estimate of drug-likeness (QED) is 0.601. The third-order valence-corrected chi connectivity index (χ3v) is 4.32. The molecule has 0 bridgehead atoms. The molecule has 27 heavy (non-hydrogen) atoms. The Bertz CT molecular complexity index is 599. The average Bonchev–Trinajstić information content (AvgIpc) is 3.46. The normalized spacial score (nSPS) is 14.4. The molecule has 1 unspecified atom stereocenters. The maximum Gasteiger partial charge on any atom is 0.409 e. The van der Waals surface area contributed by atoms with Gasteiger partial charge in [0.2, 0.25) is 0 Å². The predicted molar refractivity (Wildman–Crippen MR) is 100 cm³/mol. The molecule has 0 aromatic heterocycles. The number of benzene rings is 1. The molecule has 1 aliphatic rings. The molecule has 0 aliphatic heterocycles. The lowest BCUT2D eigenvalue weighted by molar-refractivity contribution is -0.149. The third kappa shape index (κ3) is 7.46. The van der Waals surface area contributed by atoms with E-state index in [4.69, 9.17) is 19.3 Å². The lowest BCUT2D eigenvalue weighted by Crippen LogP contribution is -2.36. The van der Waals surface area contributed by atoms with Crippen LogP contribution < -0.4 is 4.74 Å². The molecule has 2 rings (SSSR count). The van der Waals surface area contributed by atoms with Gasteiger partial charge in [-0.25, -0.2) is 9.59 Å². The summed E-state index contributed by atoms with van der Waals surface area (Å²) in [6, 6.07) is 7.26. The van der Waals surface area contributed by atoms with E-state index in [1.807, 2.05) is 12.1 Å². The summed E-state index contributed by atoms with van der Waals surface area (Å²) in [5.41, 5.74) is 0.866. The number of amides is 1. The molecule has 1 aromatic carbocycles. The second-order valence-electron chi connectivity index (χ2n) is 6.57. The predicted octanol–water partition coefficient (Wildman–Crippen LogP) is 2.97. The summed E-state index contributed by atoms with van der Waals surface area (Å²) in [6.45, 7) is 5.86. The molecule has 0 saturated heterocycles. The van der Waals surface area contributed by atoms with Gasteiger partial charge < -0.3 is 24.2 Å². The van der Waals surface area contributed by atoms with E-state index in [2.05, 4.69) is 0 Å². The number of hydrogen-bond donors (Lipinski definition) is 1. The average molecular weight is 379 g/mol. The molecule has 7 nitrogen and oxygen atoms in total. The van der Waals surface area contributed by atoms with E-state index in [0.717, 1.165) is 24.9 Å². The first-order valence-corrected chi connectivity index (χ1v) is 9.51. The highest BCUT2D eigenvalue weighted by Crippen LogP contribution is 2.29. The molecular weight excluding hydrogens is 350 g/mol. The molecular formula is C20H29NO6. The summed E-state index contributed by atoms with van der Waals surface area (Å²) in [4.78, 5) is 24.9. The number of carboxylic acid groups (broad SMARTS) is 1. The van der Waals surface area contributed by atoms with Crippen LogP contribution in [0, 0.1) is 5.92 Å². The van der Waals surface area contributed by atoms with Crippen molar-refractivity contribution < 1.29 is 28.9 Å². The van der Waals surface area contributed by atoms with E-state index < -0.39 is 12.1 Å². The summed E-state index contributed by atoms with van der Waals surface area (Å²) in [5, 5.41) is 9.15. The first kappa shape index (κ1) is 21.0. The van der Waals surface area contributed by atoms with E-state index in [9.17, 15) is 9.59 Å². The molecule has 0 spiro atoms. The molecule has 0 heterocycles. The van der Waals surface area contributed by atoms with Crippen molar-refractivity contribution in [2.45, 2.75) is 39.2 Å². The van der Waals surface area contributed by atoms with Gasteiger partial charge in [0, 0.05) is 19.6 Å².